The monoisotopic (exact) mass is 714 g/mol. The molecule has 0 aromatic heterocycles. The van der Waals surface area contributed by atoms with Crippen molar-refractivity contribution >= 4 is 19.6 Å². The van der Waals surface area contributed by atoms with Crippen molar-refractivity contribution < 1.29 is 43.7 Å². The molecule has 2 aromatic rings. The number of allylic oxidation sites excluding steroid dienone is 8. The summed E-state index contributed by atoms with van der Waals surface area (Å²) in [5, 5.41) is 5.80. The maximum atomic E-state index is 17.0. The molecular weight excluding hydrogens is 664 g/mol. The predicted molar refractivity (Wildman–Crippen MR) is 186 cm³/mol. The average molecular weight is 715 g/mol. The SMILES string of the molecule is CC(C)(C)C(=O)NCCCCc1ccc(F)[c]([Ti]([C]2=CC=CC2)([C]2=CC=CC2)[c]2c(F)ccc(CCCCNC(=O)C(C)(C)C)c2F)c1F. The number of benzene rings is 2. The van der Waals surface area contributed by atoms with Crippen LogP contribution in [0.2, 0.25) is 0 Å². The van der Waals surface area contributed by atoms with Crippen molar-refractivity contribution in [2.45, 2.75) is 92.9 Å². The summed E-state index contributed by atoms with van der Waals surface area (Å²) in [5.74, 6) is -3.21. The number of aryl methyl sites for hydroxylation is 2. The fraction of sp³-hybridized carbons (Fsp3) is 0.450. The van der Waals surface area contributed by atoms with Crippen LogP contribution in [-0.4, -0.2) is 24.9 Å². The molecule has 0 spiro atoms. The van der Waals surface area contributed by atoms with Gasteiger partial charge >= 0.3 is 294 Å². The van der Waals surface area contributed by atoms with Gasteiger partial charge in [-0.05, 0) is 0 Å². The molecule has 0 heterocycles. The fourth-order valence-corrected chi connectivity index (χ4v) is 14.9. The van der Waals surface area contributed by atoms with Crippen LogP contribution >= 0.6 is 0 Å². The van der Waals surface area contributed by atoms with Crippen LogP contribution in [0.25, 0.3) is 0 Å². The number of amides is 2. The first kappa shape index (κ1) is 38.6. The summed E-state index contributed by atoms with van der Waals surface area (Å²) in [6, 6.07) is 5.34. The number of hydrogen-bond donors (Lipinski definition) is 2. The zero-order valence-electron chi connectivity index (χ0n) is 29.7. The quantitative estimate of drug-likeness (QED) is 0.118. The molecule has 0 radical (unpaired) electrons. The summed E-state index contributed by atoms with van der Waals surface area (Å²) in [5.41, 5.74) is -0.457. The van der Waals surface area contributed by atoms with Crippen molar-refractivity contribution in [2.75, 3.05) is 13.1 Å². The topological polar surface area (TPSA) is 58.2 Å². The average Bonchev–Trinajstić information content (AvgIpc) is 3.77. The van der Waals surface area contributed by atoms with Crippen molar-refractivity contribution in [3.63, 3.8) is 0 Å². The molecule has 0 saturated carbocycles. The molecule has 2 aromatic carbocycles. The molecule has 0 saturated heterocycles. The third-order valence-corrected chi connectivity index (χ3v) is 17.2. The number of carbonyl (C=O) groups excluding carboxylic acids is 2. The number of nitrogens with one attached hydrogen (secondary N) is 2. The molecule has 0 atom stereocenters. The van der Waals surface area contributed by atoms with Crippen LogP contribution in [0.3, 0.4) is 0 Å². The van der Waals surface area contributed by atoms with Crippen LogP contribution in [0.5, 0.6) is 0 Å². The standard InChI is InChI=1S/2C15H20F2NO.2C5H5.Ti/c2*1-15(2,3)14(19)18-9-5-4-6-11-7-8-12(16)10-13(11)17;2*1-2-4-5-3-1;/h2*7-8H,4-6,9H2,1-3H3,(H,18,19);2*1-3H,4H2;. The van der Waals surface area contributed by atoms with E-state index in [-0.39, 0.29) is 32.4 Å². The zero-order valence-corrected chi connectivity index (χ0v) is 31.2. The molecule has 0 fully saturated rings. The normalized spacial score (nSPS) is 14.7. The summed E-state index contributed by atoms with van der Waals surface area (Å²) < 4.78 is 67.6. The van der Waals surface area contributed by atoms with Gasteiger partial charge in [-0.2, -0.15) is 0 Å². The van der Waals surface area contributed by atoms with E-state index in [0.717, 1.165) is 0 Å². The summed E-state index contributed by atoms with van der Waals surface area (Å²) in [6.45, 7) is 11.8. The van der Waals surface area contributed by atoms with Gasteiger partial charge in [0.2, 0.25) is 0 Å². The van der Waals surface area contributed by atoms with Crippen molar-refractivity contribution in [3.05, 3.63) is 103 Å². The Morgan fingerprint density at radius 3 is 1.35 bits per heavy atom. The van der Waals surface area contributed by atoms with E-state index < -0.39 is 50.7 Å². The molecular formula is C40H50F4N2O2Ti. The van der Waals surface area contributed by atoms with E-state index in [2.05, 4.69) is 10.6 Å². The van der Waals surface area contributed by atoms with E-state index >= 15 is 17.6 Å². The van der Waals surface area contributed by atoms with Crippen LogP contribution in [0.1, 0.15) is 91.2 Å². The molecule has 4 nitrogen and oxygen atoms in total. The minimum absolute atomic E-state index is 0.0730. The molecule has 264 valence electrons. The number of carbonyl (C=O) groups is 2. The van der Waals surface area contributed by atoms with Crippen LogP contribution in [0.4, 0.5) is 17.6 Å². The van der Waals surface area contributed by atoms with Gasteiger partial charge in [-0.3, -0.25) is 0 Å². The van der Waals surface area contributed by atoms with Gasteiger partial charge in [-0.15, -0.1) is 0 Å². The van der Waals surface area contributed by atoms with Gasteiger partial charge in [0.1, 0.15) is 0 Å². The third-order valence-electron chi connectivity index (χ3n) is 9.28. The Bertz CT molecular complexity index is 1550. The summed E-state index contributed by atoms with van der Waals surface area (Å²) in [6.07, 6.45) is 14.5. The number of hydrogen-bond acceptors (Lipinski definition) is 2. The molecule has 2 amide bonds. The van der Waals surface area contributed by atoms with Gasteiger partial charge < -0.3 is 0 Å². The maximum absolute atomic E-state index is 17.0. The van der Waals surface area contributed by atoms with Gasteiger partial charge in [0.25, 0.3) is 0 Å². The molecule has 2 N–H and O–H groups in total. The fourth-order valence-electron chi connectivity index (χ4n) is 6.50. The number of unbranched alkanes of at least 4 members (excludes halogenated alkanes) is 2. The Labute approximate surface area is 292 Å². The predicted octanol–water partition coefficient (Wildman–Crippen LogP) is 8.01. The van der Waals surface area contributed by atoms with Gasteiger partial charge in [0, 0.05) is 0 Å². The van der Waals surface area contributed by atoms with E-state index in [1.165, 1.54) is 24.3 Å². The Morgan fingerprint density at radius 1 is 0.633 bits per heavy atom. The third kappa shape index (κ3) is 8.75. The van der Waals surface area contributed by atoms with Crippen LogP contribution < -0.4 is 18.4 Å². The molecule has 9 heteroatoms. The molecule has 2 aliphatic rings. The van der Waals surface area contributed by atoms with Crippen molar-refractivity contribution in [3.8, 4) is 0 Å². The first-order chi connectivity index (χ1) is 23.1. The Hall–Kier alpha value is -3.23. The second-order valence-corrected chi connectivity index (χ2v) is 21.0. The number of rotatable bonds is 14. The minimum atomic E-state index is -4.91. The first-order valence-corrected chi connectivity index (χ1v) is 20.5. The van der Waals surface area contributed by atoms with Gasteiger partial charge in [0.05, 0.1) is 0 Å². The Kier molecular flexibility index (Phi) is 12.8. The van der Waals surface area contributed by atoms with Crippen LogP contribution in [-0.2, 0) is 39.0 Å². The van der Waals surface area contributed by atoms with E-state index in [9.17, 15) is 9.59 Å². The summed E-state index contributed by atoms with van der Waals surface area (Å²) >= 11 is -4.91. The van der Waals surface area contributed by atoms with Crippen LogP contribution in [0.15, 0.2) is 68.5 Å². The molecule has 0 aliphatic heterocycles. The van der Waals surface area contributed by atoms with Gasteiger partial charge in [-0.1, -0.05) is 0 Å². The van der Waals surface area contributed by atoms with Gasteiger partial charge in [0.15, 0.2) is 0 Å². The first-order valence-electron chi connectivity index (χ1n) is 17.3. The molecule has 49 heavy (non-hydrogen) atoms. The molecule has 2 aliphatic carbocycles. The van der Waals surface area contributed by atoms with Crippen LogP contribution in [0, 0.1) is 34.1 Å². The van der Waals surface area contributed by atoms with Gasteiger partial charge in [-0.25, -0.2) is 0 Å². The Balaban J connectivity index is 1.73. The molecule has 4 rings (SSSR count). The second-order valence-electron chi connectivity index (χ2n) is 15.1. The molecule has 0 unspecified atom stereocenters. The van der Waals surface area contributed by atoms with E-state index in [1.54, 1.807) is 24.3 Å². The van der Waals surface area contributed by atoms with Crippen molar-refractivity contribution in [1.82, 2.24) is 10.6 Å². The Morgan fingerprint density at radius 2 is 1.02 bits per heavy atom. The van der Waals surface area contributed by atoms with E-state index in [4.69, 9.17) is 0 Å². The second kappa shape index (κ2) is 16.2. The van der Waals surface area contributed by atoms with E-state index in [0.29, 0.717) is 70.5 Å². The van der Waals surface area contributed by atoms with Crippen molar-refractivity contribution in [2.24, 2.45) is 10.8 Å². The number of halogens is 4. The van der Waals surface area contributed by atoms with Crippen molar-refractivity contribution in [1.29, 1.82) is 0 Å². The summed E-state index contributed by atoms with van der Waals surface area (Å²) in [7, 11) is 0. The molecule has 0 bridgehead atoms. The summed E-state index contributed by atoms with van der Waals surface area (Å²) in [4.78, 5) is 24.5. The zero-order chi connectivity index (χ0) is 36.0. The van der Waals surface area contributed by atoms with E-state index in [1.807, 2.05) is 53.7 Å².